The third kappa shape index (κ3) is 2.82. The highest BCUT2D eigenvalue weighted by Gasteiger charge is 2.21. The molecule has 98 valence electrons. The summed E-state index contributed by atoms with van der Waals surface area (Å²) < 4.78 is 5.66. The second-order valence-electron chi connectivity index (χ2n) is 3.77. The minimum atomic E-state index is -0.549. The van der Waals surface area contributed by atoms with Gasteiger partial charge in [-0.1, -0.05) is 21.1 Å². The number of hydrogen-bond acceptors (Lipinski definition) is 5. The summed E-state index contributed by atoms with van der Waals surface area (Å²) in [7, 11) is 0. The summed E-state index contributed by atoms with van der Waals surface area (Å²) in [4.78, 5) is 10.3. The van der Waals surface area contributed by atoms with Crippen molar-refractivity contribution in [3.63, 3.8) is 0 Å². The number of benzene rings is 1. The van der Waals surface area contributed by atoms with E-state index in [2.05, 4.69) is 21.1 Å². The van der Waals surface area contributed by atoms with Crippen molar-refractivity contribution in [3.8, 4) is 5.75 Å². The molecule has 19 heavy (non-hydrogen) atoms. The lowest BCUT2D eigenvalue weighted by atomic mass is 10.1. The van der Waals surface area contributed by atoms with Gasteiger partial charge in [0.1, 0.15) is 5.75 Å². The average Bonchev–Trinajstić information content (AvgIpc) is 2.72. The number of phenolic OH excluding ortho intramolecular Hbond substituents is 1. The highest BCUT2D eigenvalue weighted by Crippen LogP contribution is 2.27. The SMILES string of the molecule is Cc1noc(/C=C\c2cc(Br)ccc2O)c1[N+](=O)[O-]. The molecule has 0 spiro atoms. The van der Waals surface area contributed by atoms with E-state index in [0.29, 0.717) is 5.56 Å². The number of nitro groups is 1. The van der Waals surface area contributed by atoms with E-state index >= 15 is 0 Å². The lowest BCUT2D eigenvalue weighted by molar-refractivity contribution is -0.386. The number of aryl methyl sites for hydroxylation is 1. The van der Waals surface area contributed by atoms with E-state index in [1.54, 1.807) is 12.1 Å². The Morgan fingerprint density at radius 2 is 2.21 bits per heavy atom. The minimum Gasteiger partial charge on any atom is -0.507 e. The van der Waals surface area contributed by atoms with Gasteiger partial charge in [0.05, 0.1) is 4.92 Å². The van der Waals surface area contributed by atoms with Crippen LogP contribution in [-0.2, 0) is 0 Å². The van der Waals surface area contributed by atoms with Gasteiger partial charge in [-0.2, -0.15) is 0 Å². The summed E-state index contributed by atoms with van der Waals surface area (Å²) >= 11 is 3.28. The maximum atomic E-state index is 10.9. The fourth-order valence-corrected chi connectivity index (χ4v) is 1.92. The van der Waals surface area contributed by atoms with Crippen LogP contribution in [0.4, 0.5) is 5.69 Å². The Bertz CT molecular complexity index is 664. The van der Waals surface area contributed by atoms with Crippen molar-refractivity contribution < 1.29 is 14.6 Å². The largest absolute Gasteiger partial charge is 0.507 e. The van der Waals surface area contributed by atoms with E-state index in [4.69, 9.17) is 4.52 Å². The molecular weight excluding hydrogens is 316 g/mol. The molecule has 1 heterocycles. The lowest BCUT2D eigenvalue weighted by Crippen LogP contribution is -1.90. The smallest absolute Gasteiger partial charge is 0.338 e. The summed E-state index contributed by atoms with van der Waals surface area (Å²) in [5, 5.41) is 24.0. The second-order valence-corrected chi connectivity index (χ2v) is 4.69. The molecule has 2 rings (SSSR count). The van der Waals surface area contributed by atoms with Gasteiger partial charge in [0.2, 0.25) is 5.76 Å². The third-order valence-electron chi connectivity index (χ3n) is 2.44. The first kappa shape index (κ1) is 13.3. The van der Waals surface area contributed by atoms with E-state index in [1.165, 1.54) is 25.1 Å². The Balaban J connectivity index is 2.38. The quantitative estimate of drug-likeness (QED) is 0.689. The standard InChI is InChI=1S/C12H9BrN2O4/c1-7-12(15(17)18)11(19-14-7)5-2-8-6-9(13)3-4-10(8)16/h2-6,16H,1H3/b5-2-. The molecule has 6 nitrogen and oxygen atoms in total. The molecule has 1 aromatic carbocycles. The second kappa shape index (κ2) is 5.23. The van der Waals surface area contributed by atoms with Gasteiger partial charge in [0.25, 0.3) is 0 Å². The van der Waals surface area contributed by atoms with Crippen LogP contribution >= 0.6 is 15.9 Å². The van der Waals surface area contributed by atoms with Crippen LogP contribution in [-0.4, -0.2) is 15.2 Å². The van der Waals surface area contributed by atoms with Gasteiger partial charge in [-0.3, -0.25) is 10.1 Å². The fraction of sp³-hybridized carbons (Fsp3) is 0.0833. The third-order valence-corrected chi connectivity index (χ3v) is 2.94. The molecule has 1 aromatic heterocycles. The number of aromatic nitrogens is 1. The van der Waals surface area contributed by atoms with E-state index in [-0.39, 0.29) is 22.9 Å². The molecule has 0 saturated heterocycles. The molecule has 0 amide bonds. The summed E-state index contributed by atoms with van der Waals surface area (Å²) in [6, 6.07) is 4.89. The van der Waals surface area contributed by atoms with Crippen molar-refractivity contribution in [1.29, 1.82) is 0 Å². The Morgan fingerprint density at radius 1 is 1.47 bits per heavy atom. The van der Waals surface area contributed by atoms with Crippen LogP contribution in [0.5, 0.6) is 5.75 Å². The van der Waals surface area contributed by atoms with Gasteiger partial charge in [-0.25, -0.2) is 0 Å². The van der Waals surface area contributed by atoms with Crippen molar-refractivity contribution in [2.75, 3.05) is 0 Å². The van der Waals surface area contributed by atoms with Gasteiger partial charge in [-0.05, 0) is 37.3 Å². The molecule has 0 saturated carbocycles. The van der Waals surface area contributed by atoms with Crippen LogP contribution in [0.1, 0.15) is 17.0 Å². The first-order chi connectivity index (χ1) is 8.99. The van der Waals surface area contributed by atoms with Crippen LogP contribution in [0, 0.1) is 17.0 Å². The first-order valence-corrected chi connectivity index (χ1v) is 6.05. The molecule has 0 fully saturated rings. The molecule has 0 aliphatic heterocycles. The normalized spacial score (nSPS) is 11.1. The fourth-order valence-electron chi connectivity index (χ4n) is 1.54. The van der Waals surface area contributed by atoms with Gasteiger partial charge in [-0.15, -0.1) is 0 Å². The highest BCUT2D eigenvalue weighted by molar-refractivity contribution is 9.10. The Hall–Kier alpha value is -2.15. The zero-order valence-electron chi connectivity index (χ0n) is 9.83. The summed E-state index contributed by atoms with van der Waals surface area (Å²) in [6.07, 6.45) is 2.92. The van der Waals surface area contributed by atoms with Crippen molar-refractivity contribution >= 4 is 33.8 Å². The number of hydrogen-bond donors (Lipinski definition) is 1. The number of nitrogens with zero attached hydrogens (tertiary/aromatic N) is 2. The number of rotatable bonds is 3. The summed E-state index contributed by atoms with van der Waals surface area (Å²) in [6.45, 7) is 1.50. The molecule has 7 heteroatoms. The van der Waals surface area contributed by atoms with E-state index in [0.717, 1.165) is 4.47 Å². The zero-order valence-corrected chi connectivity index (χ0v) is 11.4. The van der Waals surface area contributed by atoms with E-state index < -0.39 is 4.92 Å². The van der Waals surface area contributed by atoms with Crippen molar-refractivity contribution in [3.05, 3.63) is 49.8 Å². The Kier molecular flexibility index (Phi) is 3.66. The molecule has 2 aromatic rings. The van der Waals surface area contributed by atoms with Gasteiger partial charge < -0.3 is 9.63 Å². The molecule has 1 N–H and O–H groups in total. The van der Waals surface area contributed by atoms with Crippen molar-refractivity contribution in [2.45, 2.75) is 6.92 Å². The zero-order chi connectivity index (χ0) is 14.0. The van der Waals surface area contributed by atoms with Gasteiger partial charge >= 0.3 is 5.69 Å². The molecular formula is C12H9BrN2O4. The first-order valence-electron chi connectivity index (χ1n) is 5.26. The van der Waals surface area contributed by atoms with E-state index in [1.807, 2.05) is 0 Å². The summed E-state index contributed by atoms with van der Waals surface area (Å²) in [5.74, 6) is 0.111. The Morgan fingerprint density at radius 3 is 2.89 bits per heavy atom. The molecule has 0 aliphatic rings. The van der Waals surface area contributed by atoms with Crippen LogP contribution in [0.25, 0.3) is 12.2 Å². The number of halogens is 1. The molecule has 0 unspecified atom stereocenters. The lowest BCUT2D eigenvalue weighted by Gasteiger charge is -1.98. The van der Waals surface area contributed by atoms with E-state index in [9.17, 15) is 15.2 Å². The van der Waals surface area contributed by atoms with Crippen LogP contribution in [0.15, 0.2) is 27.2 Å². The van der Waals surface area contributed by atoms with Crippen LogP contribution in [0.3, 0.4) is 0 Å². The predicted octanol–water partition coefficient (Wildman–Crippen LogP) is 3.53. The topological polar surface area (TPSA) is 89.4 Å². The Labute approximate surface area is 116 Å². The van der Waals surface area contributed by atoms with Gasteiger partial charge in [0, 0.05) is 10.0 Å². The highest BCUT2D eigenvalue weighted by atomic mass is 79.9. The number of phenols is 1. The van der Waals surface area contributed by atoms with Crippen LogP contribution < -0.4 is 0 Å². The monoisotopic (exact) mass is 324 g/mol. The predicted molar refractivity (Wildman–Crippen MR) is 72.6 cm³/mol. The van der Waals surface area contributed by atoms with Crippen molar-refractivity contribution in [1.82, 2.24) is 5.16 Å². The van der Waals surface area contributed by atoms with Gasteiger partial charge in [0.15, 0.2) is 5.69 Å². The average molecular weight is 325 g/mol. The maximum Gasteiger partial charge on any atom is 0.338 e. The minimum absolute atomic E-state index is 0.0434. The van der Waals surface area contributed by atoms with Crippen molar-refractivity contribution in [2.24, 2.45) is 0 Å². The number of aromatic hydroxyl groups is 1. The molecule has 0 bridgehead atoms. The molecule has 0 atom stereocenters. The molecule has 0 aliphatic carbocycles. The summed E-state index contributed by atoms with van der Waals surface area (Å²) in [5.41, 5.74) is 0.548. The molecule has 0 radical (unpaired) electrons. The maximum absolute atomic E-state index is 10.9. The van der Waals surface area contributed by atoms with Crippen LogP contribution in [0.2, 0.25) is 0 Å².